The number of halogens is 1. The fourth-order valence-corrected chi connectivity index (χ4v) is 1.10. The molecule has 1 nitrogen and oxygen atoms in total. The average Bonchev–Trinajstić information content (AvgIpc) is 1.88. The van der Waals surface area contributed by atoms with Crippen LogP contribution in [-0.2, 0) is 0 Å². The van der Waals surface area contributed by atoms with Crippen molar-refractivity contribution in [3.63, 3.8) is 0 Å². The maximum Gasteiger partial charge on any atom is 0.0351 e. The predicted molar refractivity (Wildman–Crippen MR) is 43.1 cm³/mol. The monoisotopic (exact) mass is 149 g/mol. The second-order valence-corrected chi connectivity index (χ2v) is 2.50. The summed E-state index contributed by atoms with van der Waals surface area (Å²) in [6.07, 6.45) is 1.23. The first-order valence-corrected chi connectivity index (χ1v) is 4.16. The third-order valence-corrected chi connectivity index (χ3v) is 1.56. The van der Waals surface area contributed by atoms with E-state index in [0.717, 1.165) is 19.0 Å². The van der Waals surface area contributed by atoms with E-state index in [1.54, 1.807) is 0 Å². The molecule has 0 fully saturated rings. The van der Waals surface area contributed by atoms with Crippen molar-refractivity contribution in [2.75, 3.05) is 25.5 Å². The minimum Gasteiger partial charge on any atom is -0.302 e. The third-order valence-electron chi connectivity index (χ3n) is 1.39. The van der Waals surface area contributed by atoms with Gasteiger partial charge in [0.25, 0.3) is 0 Å². The van der Waals surface area contributed by atoms with Crippen LogP contribution >= 0.6 is 11.6 Å². The van der Waals surface area contributed by atoms with Crippen LogP contribution < -0.4 is 0 Å². The Bertz CT molecular complexity index is 50.9. The van der Waals surface area contributed by atoms with Crippen molar-refractivity contribution in [2.24, 2.45) is 0 Å². The molecule has 0 saturated heterocycles. The SMILES string of the molecule is CCCN(CC)CCCl. The van der Waals surface area contributed by atoms with E-state index < -0.39 is 0 Å². The summed E-state index contributed by atoms with van der Waals surface area (Å²) < 4.78 is 0. The number of alkyl halides is 1. The van der Waals surface area contributed by atoms with Gasteiger partial charge in [-0.3, -0.25) is 0 Å². The summed E-state index contributed by atoms with van der Waals surface area (Å²) in [5, 5.41) is 0. The molecule has 0 aromatic rings. The normalized spacial score (nSPS) is 10.7. The Morgan fingerprint density at radius 3 is 2.22 bits per heavy atom. The van der Waals surface area contributed by atoms with E-state index in [2.05, 4.69) is 18.7 Å². The largest absolute Gasteiger partial charge is 0.302 e. The van der Waals surface area contributed by atoms with Crippen molar-refractivity contribution in [3.05, 3.63) is 0 Å². The van der Waals surface area contributed by atoms with Gasteiger partial charge in [-0.15, -0.1) is 11.6 Å². The van der Waals surface area contributed by atoms with E-state index in [-0.39, 0.29) is 0 Å². The fourth-order valence-electron chi connectivity index (χ4n) is 0.864. The standard InChI is InChI=1S/C7H16ClN/c1-3-6-9(4-2)7-5-8/h3-7H2,1-2H3. The lowest BCUT2D eigenvalue weighted by Crippen LogP contribution is -2.26. The van der Waals surface area contributed by atoms with Crippen LogP contribution in [0.3, 0.4) is 0 Å². The van der Waals surface area contributed by atoms with Gasteiger partial charge in [0, 0.05) is 12.4 Å². The highest BCUT2D eigenvalue weighted by molar-refractivity contribution is 6.18. The van der Waals surface area contributed by atoms with Gasteiger partial charge in [-0.2, -0.15) is 0 Å². The Kier molecular flexibility index (Phi) is 6.55. The third kappa shape index (κ3) is 4.73. The zero-order valence-corrected chi connectivity index (χ0v) is 7.12. The van der Waals surface area contributed by atoms with Crippen LogP contribution in [0.5, 0.6) is 0 Å². The maximum atomic E-state index is 5.57. The Labute approximate surface area is 63.0 Å². The molecule has 0 spiro atoms. The molecule has 56 valence electrons. The van der Waals surface area contributed by atoms with Crippen molar-refractivity contribution in [1.82, 2.24) is 4.90 Å². The van der Waals surface area contributed by atoms with Gasteiger partial charge in [0.1, 0.15) is 0 Å². The molecule has 0 bridgehead atoms. The summed E-state index contributed by atoms with van der Waals surface area (Å²) in [5.74, 6) is 0.758. The molecule has 0 amide bonds. The molecule has 0 radical (unpaired) electrons. The number of rotatable bonds is 5. The van der Waals surface area contributed by atoms with Gasteiger partial charge in [0.05, 0.1) is 0 Å². The topological polar surface area (TPSA) is 3.24 Å². The van der Waals surface area contributed by atoms with Gasteiger partial charge in [-0.1, -0.05) is 13.8 Å². The molecule has 0 aliphatic rings. The van der Waals surface area contributed by atoms with Crippen LogP contribution in [0.15, 0.2) is 0 Å². The first-order chi connectivity index (χ1) is 4.35. The molecule has 2 heteroatoms. The molecule has 0 aromatic carbocycles. The summed E-state index contributed by atoms with van der Waals surface area (Å²) in [5.41, 5.74) is 0. The highest BCUT2D eigenvalue weighted by Crippen LogP contribution is 1.90. The number of nitrogens with zero attached hydrogens (tertiary/aromatic N) is 1. The predicted octanol–water partition coefficient (Wildman–Crippen LogP) is 1.96. The highest BCUT2D eigenvalue weighted by Gasteiger charge is 1.96. The van der Waals surface area contributed by atoms with Crippen molar-refractivity contribution in [1.29, 1.82) is 0 Å². The van der Waals surface area contributed by atoms with E-state index in [1.165, 1.54) is 13.0 Å². The highest BCUT2D eigenvalue weighted by atomic mass is 35.5. The van der Waals surface area contributed by atoms with Gasteiger partial charge >= 0.3 is 0 Å². The Morgan fingerprint density at radius 1 is 1.22 bits per heavy atom. The van der Waals surface area contributed by atoms with Gasteiger partial charge in [0.15, 0.2) is 0 Å². The van der Waals surface area contributed by atoms with Crippen LogP contribution in [0.2, 0.25) is 0 Å². The maximum absolute atomic E-state index is 5.57. The van der Waals surface area contributed by atoms with E-state index in [9.17, 15) is 0 Å². The molecule has 0 aromatic heterocycles. The first kappa shape index (κ1) is 9.25. The first-order valence-electron chi connectivity index (χ1n) is 3.63. The van der Waals surface area contributed by atoms with E-state index in [4.69, 9.17) is 11.6 Å². The Hall–Kier alpha value is 0.250. The minimum atomic E-state index is 0.758. The van der Waals surface area contributed by atoms with Gasteiger partial charge in [-0.25, -0.2) is 0 Å². The van der Waals surface area contributed by atoms with Crippen molar-refractivity contribution in [2.45, 2.75) is 20.3 Å². The summed E-state index contributed by atoms with van der Waals surface area (Å²) in [4.78, 5) is 2.35. The summed E-state index contributed by atoms with van der Waals surface area (Å²) >= 11 is 5.57. The lowest BCUT2D eigenvalue weighted by molar-refractivity contribution is 0.306. The van der Waals surface area contributed by atoms with Crippen LogP contribution in [0.25, 0.3) is 0 Å². The molecule has 0 N–H and O–H groups in total. The van der Waals surface area contributed by atoms with Crippen LogP contribution in [-0.4, -0.2) is 30.4 Å². The number of hydrogen-bond acceptors (Lipinski definition) is 1. The molecule has 0 aliphatic heterocycles. The zero-order valence-electron chi connectivity index (χ0n) is 6.36. The Balaban J connectivity index is 3.18. The summed E-state index contributed by atoms with van der Waals surface area (Å²) in [6.45, 7) is 7.70. The van der Waals surface area contributed by atoms with Gasteiger partial charge in [-0.05, 0) is 19.5 Å². The van der Waals surface area contributed by atoms with Crippen LogP contribution in [0.1, 0.15) is 20.3 Å². The molecule has 0 unspecified atom stereocenters. The number of hydrogen-bond donors (Lipinski definition) is 0. The van der Waals surface area contributed by atoms with Crippen LogP contribution in [0, 0.1) is 0 Å². The molecule has 0 rings (SSSR count). The van der Waals surface area contributed by atoms with Crippen molar-refractivity contribution < 1.29 is 0 Å². The fraction of sp³-hybridized carbons (Fsp3) is 1.00. The molecular formula is C7H16ClN. The van der Waals surface area contributed by atoms with E-state index in [0.29, 0.717) is 0 Å². The molecule has 0 atom stereocenters. The molecule has 0 aliphatic carbocycles. The minimum absolute atomic E-state index is 0.758. The summed E-state index contributed by atoms with van der Waals surface area (Å²) in [7, 11) is 0. The second kappa shape index (κ2) is 6.37. The van der Waals surface area contributed by atoms with Crippen molar-refractivity contribution in [3.8, 4) is 0 Å². The van der Waals surface area contributed by atoms with Crippen LogP contribution in [0.4, 0.5) is 0 Å². The molecule has 0 heterocycles. The molecule has 9 heavy (non-hydrogen) atoms. The smallest absolute Gasteiger partial charge is 0.0351 e. The molecule has 0 saturated carbocycles. The quantitative estimate of drug-likeness (QED) is 0.541. The van der Waals surface area contributed by atoms with Gasteiger partial charge in [0.2, 0.25) is 0 Å². The Morgan fingerprint density at radius 2 is 1.89 bits per heavy atom. The average molecular weight is 150 g/mol. The lowest BCUT2D eigenvalue weighted by atomic mass is 10.4. The van der Waals surface area contributed by atoms with Gasteiger partial charge < -0.3 is 4.90 Å². The van der Waals surface area contributed by atoms with E-state index >= 15 is 0 Å². The summed E-state index contributed by atoms with van der Waals surface area (Å²) in [6, 6.07) is 0. The van der Waals surface area contributed by atoms with E-state index in [1.807, 2.05) is 0 Å². The second-order valence-electron chi connectivity index (χ2n) is 2.12. The lowest BCUT2D eigenvalue weighted by Gasteiger charge is -2.16. The molecular weight excluding hydrogens is 134 g/mol. The van der Waals surface area contributed by atoms with Crippen molar-refractivity contribution >= 4 is 11.6 Å². The zero-order chi connectivity index (χ0) is 7.11.